The van der Waals surface area contributed by atoms with Crippen LogP contribution in [-0.4, -0.2) is 27.1 Å². The van der Waals surface area contributed by atoms with Crippen LogP contribution >= 0.6 is 11.3 Å². The van der Waals surface area contributed by atoms with Gasteiger partial charge in [0.15, 0.2) is 0 Å². The second-order valence-corrected chi connectivity index (χ2v) is 9.19. The summed E-state index contributed by atoms with van der Waals surface area (Å²) in [7, 11) is 0. The maximum atomic E-state index is 11.0. The number of nitrogens with two attached hydrogens (primary N) is 1. The molecule has 7 heteroatoms. The number of carboxylic acid groups (broad SMARTS) is 1. The topological polar surface area (TPSA) is 101 Å². The Kier molecular flexibility index (Phi) is 6.52. The van der Waals surface area contributed by atoms with Gasteiger partial charge in [-0.2, -0.15) is 0 Å². The average molecular weight is 481 g/mol. The largest absolute Gasteiger partial charge is 0.480 e. The first-order valence-corrected chi connectivity index (χ1v) is 12.1. The zero-order chi connectivity index (χ0) is 24.2. The van der Waals surface area contributed by atoms with Crippen molar-refractivity contribution in [2.75, 3.05) is 5.32 Å². The summed E-state index contributed by atoms with van der Waals surface area (Å²) in [5.74, 6) is -0.191. The molecule has 0 saturated carbocycles. The zero-order valence-electron chi connectivity index (χ0n) is 18.9. The molecule has 35 heavy (non-hydrogen) atoms. The molecule has 5 aromatic rings. The third-order valence-electron chi connectivity index (χ3n) is 5.91. The minimum atomic E-state index is -0.998. The minimum Gasteiger partial charge on any atom is -0.480 e. The molecule has 0 aliphatic carbocycles. The molecule has 1 atom stereocenters. The Morgan fingerprint density at radius 2 is 1.54 bits per heavy atom. The Morgan fingerprint density at radius 1 is 0.886 bits per heavy atom. The fourth-order valence-electron chi connectivity index (χ4n) is 3.97. The molecule has 174 valence electrons. The van der Waals surface area contributed by atoms with Crippen molar-refractivity contribution < 1.29 is 9.90 Å². The second-order valence-electron chi connectivity index (χ2n) is 8.31. The molecule has 6 nitrogen and oxygen atoms in total. The lowest BCUT2D eigenvalue weighted by Crippen LogP contribution is -2.32. The van der Waals surface area contributed by atoms with Crippen molar-refractivity contribution in [2.45, 2.75) is 19.0 Å². The number of hydrogen-bond donors (Lipinski definition) is 3. The third-order valence-corrected chi connectivity index (χ3v) is 6.89. The van der Waals surface area contributed by atoms with Crippen LogP contribution in [0.1, 0.15) is 11.1 Å². The van der Waals surface area contributed by atoms with Crippen molar-refractivity contribution >= 4 is 33.3 Å². The van der Waals surface area contributed by atoms with Gasteiger partial charge in [-0.25, -0.2) is 9.97 Å². The van der Waals surface area contributed by atoms with E-state index in [0.717, 1.165) is 32.7 Å². The first-order chi connectivity index (χ1) is 17.1. The molecule has 0 bridgehead atoms. The van der Waals surface area contributed by atoms with Gasteiger partial charge in [0.05, 0.1) is 10.2 Å². The van der Waals surface area contributed by atoms with Crippen LogP contribution < -0.4 is 11.1 Å². The highest BCUT2D eigenvalue weighted by Crippen LogP contribution is 2.36. The van der Waals surface area contributed by atoms with E-state index in [2.05, 4.69) is 57.1 Å². The van der Waals surface area contributed by atoms with Crippen LogP contribution in [0.2, 0.25) is 0 Å². The van der Waals surface area contributed by atoms with Gasteiger partial charge in [-0.05, 0) is 34.2 Å². The number of anilines is 1. The van der Waals surface area contributed by atoms with Crippen LogP contribution in [0.3, 0.4) is 0 Å². The molecular formula is C28H24N4O2S. The summed E-state index contributed by atoms with van der Waals surface area (Å²) in [6.07, 6.45) is 1.88. The molecule has 0 amide bonds. The number of thiophene rings is 1. The predicted octanol–water partition coefficient (Wildman–Crippen LogP) is 5.59. The first kappa shape index (κ1) is 22.7. The van der Waals surface area contributed by atoms with E-state index in [1.165, 1.54) is 16.7 Å². The standard InChI is InChI=1S/C28H24N4O2S/c29-24(28(33)34)14-18-6-12-22(13-7-18)23-16-35-26-25(23)31-17-32-27(26)30-15-19-8-10-21(11-9-19)20-4-2-1-3-5-20/h1-13,16-17,24H,14-15,29H2,(H,33,34)(H,30,31,32)/t24-/m0/s1. The number of carbonyl (C=O) groups is 1. The van der Waals surface area contributed by atoms with Gasteiger partial charge in [0.25, 0.3) is 0 Å². The van der Waals surface area contributed by atoms with Crippen molar-refractivity contribution in [3.05, 3.63) is 102 Å². The summed E-state index contributed by atoms with van der Waals surface area (Å²) in [4.78, 5) is 20.0. The highest BCUT2D eigenvalue weighted by Gasteiger charge is 2.14. The van der Waals surface area contributed by atoms with E-state index in [0.29, 0.717) is 13.0 Å². The molecular weight excluding hydrogens is 456 g/mol. The Bertz CT molecular complexity index is 1450. The van der Waals surface area contributed by atoms with Crippen LogP contribution in [0.15, 0.2) is 90.6 Å². The molecule has 0 spiro atoms. The van der Waals surface area contributed by atoms with Crippen molar-refractivity contribution in [3.63, 3.8) is 0 Å². The predicted molar refractivity (Wildman–Crippen MR) is 141 cm³/mol. The number of rotatable bonds is 8. The molecule has 0 aliphatic rings. The molecule has 2 aromatic heterocycles. The van der Waals surface area contributed by atoms with Gasteiger partial charge < -0.3 is 16.2 Å². The summed E-state index contributed by atoms with van der Waals surface area (Å²) in [6, 6.07) is 25.8. The molecule has 4 N–H and O–H groups in total. The third kappa shape index (κ3) is 5.06. The summed E-state index contributed by atoms with van der Waals surface area (Å²) < 4.78 is 1.00. The fourth-order valence-corrected chi connectivity index (χ4v) is 4.97. The van der Waals surface area contributed by atoms with Gasteiger partial charge in [0, 0.05) is 17.5 Å². The quantitative estimate of drug-likeness (QED) is 0.268. The lowest BCUT2D eigenvalue weighted by atomic mass is 10.0. The fraction of sp³-hybridized carbons (Fsp3) is 0.107. The minimum absolute atomic E-state index is 0.294. The maximum Gasteiger partial charge on any atom is 0.320 e. The Morgan fingerprint density at radius 3 is 2.26 bits per heavy atom. The average Bonchev–Trinajstić information content (AvgIpc) is 3.33. The SMILES string of the molecule is N[C@@H](Cc1ccc(-c2csc3c(NCc4ccc(-c5ccccc5)cc4)ncnc23)cc1)C(=O)O. The van der Waals surface area contributed by atoms with Crippen LogP contribution in [0.25, 0.3) is 32.5 Å². The van der Waals surface area contributed by atoms with E-state index in [-0.39, 0.29) is 0 Å². The van der Waals surface area contributed by atoms with Gasteiger partial charge in [-0.1, -0.05) is 78.9 Å². The van der Waals surface area contributed by atoms with E-state index in [9.17, 15) is 4.79 Å². The number of carboxylic acids is 1. The van der Waals surface area contributed by atoms with E-state index in [4.69, 9.17) is 10.8 Å². The maximum absolute atomic E-state index is 11.0. The number of aromatic nitrogens is 2. The normalized spacial score (nSPS) is 11.9. The molecule has 5 rings (SSSR count). The van der Waals surface area contributed by atoms with Crippen molar-refractivity contribution in [2.24, 2.45) is 5.73 Å². The first-order valence-electron chi connectivity index (χ1n) is 11.3. The molecule has 0 unspecified atom stereocenters. The van der Waals surface area contributed by atoms with E-state index >= 15 is 0 Å². The summed E-state index contributed by atoms with van der Waals surface area (Å²) in [5.41, 5.74) is 13.0. The van der Waals surface area contributed by atoms with Crippen molar-refractivity contribution in [3.8, 4) is 22.3 Å². The van der Waals surface area contributed by atoms with Gasteiger partial charge in [-0.3, -0.25) is 4.79 Å². The lowest BCUT2D eigenvalue weighted by molar-refractivity contribution is -0.138. The van der Waals surface area contributed by atoms with Crippen LogP contribution in [0.5, 0.6) is 0 Å². The van der Waals surface area contributed by atoms with Crippen molar-refractivity contribution in [1.29, 1.82) is 0 Å². The summed E-state index contributed by atoms with van der Waals surface area (Å²) in [5, 5.41) is 14.6. The molecule has 0 aliphatic heterocycles. The lowest BCUT2D eigenvalue weighted by Gasteiger charge is -2.09. The van der Waals surface area contributed by atoms with Gasteiger partial charge in [0.1, 0.15) is 18.2 Å². The Labute approximate surface area is 207 Å². The summed E-state index contributed by atoms with van der Waals surface area (Å²) in [6.45, 7) is 0.660. The molecule has 0 saturated heterocycles. The number of nitrogens with one attached hydrogen (secondary N) is 1. The highest BCUT2D eigenvalue weighted by atomic mass is 32.1. The zero-order valence-corrected chi connectivity index (χ0v) is 19.7. The molecule has 2 heterocycles. The molecule has 0 radical (unpaired) electrons. The van der Waals surface area contributed by atoms with E-state index in [1.54, 1.807) is 17.7 Å². The number of nitrogens with zero attached hydrogens (tertiary/aromatic N) is 2. The van der Waals surface area contributed by atoms with E-state index < -0.39 is 12.0 Å². The summed E-state index contributed by atoms with van der Waals surface area (Å²) >= 11 is 1.60. The Balaban J connectivity index is 1.31. The van der Waals surface area contributed by atoms with Crippen LogP contribution in [0, 0.1) is 0 Å². The van der Waals surface area contributed by atoms with Crippen molar-refractivity contribution in [1.82, 2.24) is 9.97 Å². The number of benzene rings is 3. The highest BCUT2D eigenvalue weighted by molar-refractivity contribution is 7.18. The van der Waals surface area contributed by atoms with E-state index in [1.807, 2.05) is 42.5 Å². The smallest absolute Gasteiger partial charge is 0.320 e. The molecule has 3 aromatic carbocycles. The monoisotopic (exact) mass is 480 g/mol. The number of fused-ring (bicyclic) bond motifs is 1. The van der Waals surface area contributed by atoms with Gasteiger partial charge in [-0.15, -0.1) is 11.3 Å². The van der Waals surface area contributed by atoms with Gasteiger partial charge in [0.2, 0.25) is 0 Å². The van der Waals surface area contributed by atoms with Gasteiger partial charge >= 0.3 is 5.97 Å². The number of hydrogen-bond acceptors (Lipinski definition) is 6. The Hall–Kier alpha value is -4.07. The number of aliphatic carboxylic acids is 1. The van der Waals surface area contributed by atoms with Crippen LogP contribution in [0.4, 0.5) is 5.82 Å². The van der Waals surface area contributed by atoms with Crippen LogP contribution in [-0.2, 0) is 17.8 Å². The second kappa shape index (κ2) is 10.0. The molecule has 0 fully saturated rings.